The van der Waals surface area contributed by atoms with Crippen LogP contribution in [0.2, 0.25) is 0 Å². The summed E-state index contributed by atoms with van der Waals surface area (Å²) in [6.07, 6.45) is 0. The molecule has 0 atom stereocenters. The quantitative estimate of drug-likeness (QED) is 0.113. The molecular formula is C32H23CoN10O8. The number of nitro benzene ring substituents is 2. The molecule has 4 aromatic carbocycles. The molecule has 0 unspecified atom stereocenters. The Morgan fingerprint density at radius 3 is 1.27 bits per heavy atom. The Morgan fingerprint density at radius 1 is 0.588 bits per heavy atom. The Kier molecular flexibility index (Phi) is 11.5. The third kappa shape index (κ3) is 8.36. The van der Waals surface area contributed by atoms with Gasteiger partial charge in [-0.15, -0.1) is 21.6 Å². The van der Waals surface area contributed by atoms with Gasteiger partial charge in [0.2, 0.25) is 0 Å². The van der Waals surface area contributed by atoms with Crippen LogP contribution in [0.3, 0.4) is 0 Å². The summed E-state index contributed by atoms with van der Waals surface area (Å²) in [5.41, 5.74) is -0.277. The van der Waals surface area contributed by atoms with Crippen molar-refractivity contribution in [2.45, 2.75) is 13.8 Å². The van der Waals surface area contributed by atoms with E-state index in [1.165, 1.54) is 9.36 Å². The zero-order chi connectivity index (χ0) is 35.9. The summed E-state index contributed by atoms with van der Waals surface area (Å²) in [6.45, 7) is 3.17. The molecule has 0 radical (unpaired) electrons. The number of hydrogen-bond donors (Lipinski definition) is 0. The van der Waals surface area contributed by atoms with E-state index in [-0.39, 0.29) is 52.3 Å². The van der Waals surface area contributed by atoms with E-state index in [1.807, 2.05) is 12.1 Å². The maximum absolute atomic E-state index is 12.4. The van der Waals surface area contributed by atoms with Gasteiger partial charge >= 0.3 is 18.2 Å². The van der Waals surface area contributed by atoms with Crippen LogP contribution in [0.1, 0.15) is 12.8 Å². The van der Waals surface area contributed by atoms with Crippen LogP contribution in [-0.4, -0.2) is 19.2 Å². The summed E-state index contributed by atoms with van der Waals surface area (Å²) < 4.78 is 2.35. The van der Waals surface area contributed by atoms with Gasteiger partial charge in [0.1, 0.15) is 11.4 Å². The molecule has 0 N–H and O–H groups in total. The number of nitro groups is 2. The molecule has 18 nitrogen and oxygen atoms in total. The summed E-state index contributed by atoms with van der Waals surface area (Å²) in [5, 5.41) is 68.3. The molecule has 0 fully saturated rings. The fourth-order valence-corrected chi connectivity index (χ4v) is 4.32. The number of azo groups is 2. The fourth-order valence-electron chi connectivity index (χ4n) is 4.32. The molecule has 0 spiro atoms. The smallest absolute Gasteiger partial charge is 0.871 e. The van der Waals surface area contributed by atoms with Crippen LogP contribution >= 0.6 is 0 Å². The number of non-ortho nitro benzene ring substituents is 2. The Hall–Kier alpha value is -6.99. The molecule has 2 aromatic heterocycles. The second-order valence-electron chi connectivity index (χ2n) is 10.2. The van der Waals surface area contributed by atoms with E-state index >= 15 is 0 Å². The first-order valence-corrected chi connectivity index (χ1v) is 14.3. The van der Waals surface area contributed by atoms with E-state index in [2.05, 4.69) is 30.7 Å². The van der Waals surface area contributed by atoms with Crippen LogP contribution in [0.4, 0.5) is 34.1 Å². The van der Waals surface area contributed by atoms with E-state index in [0.717, 1.165) is 36.4 Å². The first-order valence-electron chi connectivity index (χ1n) is 14.3. The van der Waals surface area contributed by atoms with Gasteiger partial charge in [-0.3, -0.25) is 29.8 Å². The Morgan fingerprint density at radius 2 is 0.941 bits per heavy atom. The third-order valence-corrected chi connectivity index (χ3v) is 6.80. The van der Waals surface area contributed by atoms with E-state index in [9.17, 15) is 40.0 Å². The van der Waals surface area contributed by atoms with Crippen molar-refractivity contribution in [1.82, 2.24) is 19.6 Å². The number of aryl methyl sites for hydroxylation is 2. The van der Waals surface area contributed by atoms with Gasteiger partial charge in [-0.1, -0.05) is 73.9 Å². The number of nitrogens with zero attached hydrogens (tertiary/aromatic N) is 10. The molecule has 0 saturated carbocycles. The summed E-state index contributed by atoms with van der Waals surface area (Å²) >= 11 is 0. The van der Waals surface area contributed by atoms with Crippen molar-refractivity contribution in [3.63, 3.8) is 0 Å². The molecule has 0 aliphatic carbocycles. The van der Waals surface area contributed by atoms with E-state index in [4.69, 9.17) is 0 Å². The van der Waals surface area contributed by atoms with Crippen molar-refractivity contribution in [2.24, 2.45) is 20.5 Å². The van der Waals surface area contributed by atoms with E-state index < -0.39 is 32.5 Å². The first-order chi connectivity index (χ1) is 23.9. The van der Waals surface area contributed by atoms with E-state index in [1.54, 1.807) is 62.4 Å². The standard InChI is InChI=1S/2C16H13N5O4.Co/c2*1-10-15(16(23)20(19-10)11-5-3-2-4-6-11)18-17-13-9-12(21(24)25)7-8-14(13)22;/h2*2-9H,1H3,(H2,17,18,19,22,23);/q;;+3/p-3. The van der Waals surface area contributed by atoms with Gasteiger partial charge in [-0.2, -0.15) is 10.2 Å². The SMILES string of the molecule is Cc1[n-]n(-c2ccccc2)c(=O)c1N=Nc1cc([N+](=O)[O-])ccc1[O-].Cc1[n-]n(-c2ccccc2)c(=O)c1N=Nc1cc([N+](=O)[O-])ccc1[O-].[Co+3].[H+]. The fraction of sp³-hybridized carbons (Fsp3) is 0.0625. The first kappa shape index (κ1) is 36.8. The number of benzene rings is 4. The molecule has 6 aromatic rings. The summed E-state index contributed by atoms with van der Waals surface area (Å²) in [4.78, 5) is 45.1. The number of para-hydroxylation sites is 2. The summed E-state index contributed by atoms with van der Waals surface area (Å²) in [5.74, 6) is -1.06. The molecule has 19 heteroatoms. The zero-order valence-electron chi connectivity index (χ0n) is 27.3. The van der Waals surface area contributed by atoms with Crippen LogP contribution < -0.4 is 31.5 Å². The molecule has 0 saturated heterocycles. The van der Waals surface area contributed by atoms with Crippen LogP contribution in [0.15, 0.2) is 127 Å². The third-order valence-electron chi connectivity index (χ3n) is 6.80. The van der Waals surface area contributed by atoms with Crippen molar-refractivity contribution < 1.29 is 38.3 Å². The van der Waals surface area contributed by atoms with E-state index in [0.29, 0.717) is 22.8 Å². The molecule has 258 valence electrons. The Bertz CT molecular complexity index is 2220. The summed E-state index contributed by atoms with van der Waals surface area (Å²) in [6, 6.07) is 23.8. The van der Waals surface area contributed by atoms with Gasteiger partial charge < -0.3 is 29.8 Å². The summed E-state index contributed by atoms with van der Waals surface area (Å²) in [7, 11) is 0. The average Bonchev–Trinajstić information content (AvgIpc) is 3.56. The molecule has 51 heavy (non-hydrogen) atoms. The monoisotopic (exact) mass is 734 g/mol. The van der Waals surface area contributed by atoms with Crippen molar-refractivity contribution in [3.05, 3.63) is 149 Å². The van der Waals surface area contributed by atoms with Crippen molar-refractivity contribution in [3.8, 4) is 22.9 Å². The molecule has 6 rings (SSSR count). The van der Waals surface area contributed by atoms with Gasteiger partial charge in [0.25, 0.3) is 22.5 Å². The molecule has 0 amide bonds. The van der Waals surface area contributed by atoms with Crippen LogP contribution in [-0.2, 0) is 16.8 Å². The number of rotatable bonds is 8. The molecule has 0 aliphatic rings. The van der Waals surface area contributed by atoms with Crippen molar-refractivity contribution in [2.75, 3.05) is 0 Å². The largest absolute Gasteiger partial charge is 3.00 e. The Labute approximate surface area is 298 Å². The van der Waals surface area contributed by atoms with Gasteiger partial charge in [0, 0.05) is 35.6 Å². The maximum Gasteiger partial charge on any atom is 3.00 e. The Balaban J connectivity index is 0.000000270. The number of aromatic nitrogens is 4. The van der Waals surface area contributed by atoms with Gasteiger partial charge in [0.15, 0.2) is 0 Å². The predicted octanol–water partition coefficient (Wildman–Crippen LogP) is 5.11. The van der Waals surface area contributed by atoms with Crippen LogP contribution in [0, 0.1) is 34.1 Å². The molecule has 0 aliphatic heterocycles. The van der Waals surface area contributed by atoms with Gasteiger partial charge in [0.05, 0.1) is 21.2 Å². The maximum atomic E-state index is 12.4. The van der Waals surface area contributed by atoms with Crippen molar-refractivity contribution >= 4 is 34.1 Å². The molecule has 0 bridgehead atoms. The average molecular weight is 735 g/mol. The molecule has 2 heterocycles. The van der Waals surface area contributed by atoms with Crippen molar-refractivity contribution in [1.29, 1.82) is 0 Å². The normalized spacial score (nSPS) is 10.9. The predicted molar refractivity (Wildman–Crippen MR) is 175 cm³/mol. The second-order valence-corrected chi connectivity index (χ2v) is 10.2. The second kappa shape index (κ2) is 15.9. The topological polar surface area (TPSA) is 254 Å². The minimum atomic E-state index is -0.643. The zero-order valence-corrected chi connectivity index (χ0v) is 27.4. The van der Waals surface area contributed by atoms with Gasteiger partial charge in [-0.05, 0) is 24.3 Å². The number of hydrogen-bond acceptors (Lipinski definition) is 12. The minimum absolute atomic E-state index is 0. The van der Waals surface area contributed by atoms with Crippen LogP contribution in [0.5, 0.6) is 11.5 Å². The van der Waals surface area contributed by atoms with Crippen LogP contribution in [0.25, 0.3) is 11.4 Å². The van der Waals surface area contributed by atoms with Gasteiger partial charge in [-0.25, -0.2) is 0 Å². The molecular weight excluding hydrogens is 711 g/mol. The minimum Gasteiger partial charge on any atom is -0.871 e.